The van der Waals surface area contributed by atoms with Gasteiger partial charge in [0.1, 0.15) is 11.9 Å². The lowest BCUT2D eigenvalue weighted by atomic mass is 9.53. The Balaban J connectivity index is 1.18. The molecule has 2 saturated carbocycles. The molecule has 1 spiro atoms. The van der Waals surface area contributed by atoms with Crippen molar-refractivity contribution >= 4 is 5.97 Å². The molecular weight excluding hydrogens is 366 g/mol. The molecule has 4 aliphatic rings. The van der Waals surface area contributed by atoms with Crippen LogP contribution in [0, 0.1) is 23.2 Å². The fourth-order valence-electron chi connectivity index (χ4n) is 6.47. The monoisotopic (exact) mass is 399 g/mol. The van der Waals surface area contributed by atoms with Crippen molar-refractivity contribution in [1.82, 2.24) is 5.32 Å². The van der Waals surface area contributed by atoms with Crippen LogP contribution in [-0.4, -0.2) is 44.5 Å². The van der Waals surface area contributed by atoms with Gasteiger partial charge in [-0.15, -0.1) is 0 Å². The van der Waals surface area contributed by atoms with Gasteiger partial charge in [-0.2, -0.15) is 0 Å². The van der Waals surface area contributed by atoms with Crippen molar-refractivity contribution in [2.75, 3.05) is 26.8 Å². The summed E-state index contributed by atoms with van der Waals surface area (Å²) in [5.41, 5.74) is 1.66. The topological polar surface area (TPSA) is 60.1 Å². The highest BCUT2D eigenvalue weighted by molar-refractivity contribution is 5.75. The fraction of sp³-hybridized carbons (Fsp3) is 0.708. The van der Waals surface area contributed by atoms with Crippen LogP contribution in [0.15, 0.2) is 24.3 Å². The summed E-state index contributed by atoms with van der Waals surface area (Å²) in [7, 11) is 1.68. The van der Waals surface area contributed by atoms with E-state index in [4.69, 9.17) is 14.2 Å². The highest BCUT2D eigenvalue weighted by Crippen LogP contribution is 2.62. The molecule has 5 nitrogen and oxygen atoms in total. The molecule has 158 valence electrons. The highest BCUT2D eigenvalue weighted by atomic mass is 16.6. The van der Waals surface area contributed by atoms with Gasteiger partial charge in [-0.3, -0.25) is 4.79 Å². The summed E-state index contributed by atoms with van der Waals surface area (Å²) in [6.07, 6.45) is 6.83. The maximum atomic E-state index is 12.7. The molecule has 0 aromatic heterocycles. The molecule has 2 unspecified atom stereocenters. The first kappa shape index (κ1) is 19.4. The van der Waals surface area contributed by atoms with E-state index in [1.165, 1.54) is 24.8 Å². The minimum atomic E-state index is -0.0156. The third kappa shape index (κ3) is 3.46. The summed E-state index contributed by atoms with van der Waals surface area (Å²) in [5, 5.41) is 3.52. The third-order valence-corrected chi connectivity index (χ3v) is 8.19. The lowest BCUT2D eigenvalue weighted by Crippen LogP contribution is -2.51. The molecule has 5 heteroatoms. The van der Waals surface area contributed by atoms with Crippen LogP contribution in [0.3, 0.4) is 0 Å². The van der Waals surface area contributed by atoms with Crippen LogP contribution in [0.2, 0.25) is 0 Å². The fourth-order valence-corrected chi connectivity index (χ4v) is 6.47. The molecule has 2 aliphatic heterocycles. The molecule has 4 fully saturated rings. The molecule has 1 aromatic carbocycles. The second-order valence-electron chi connectivity index (χ2n) is 9.90. The summed E-state index contributed by atoms with van der Waals surface area (Å²) < 4.78 is 17.1. The van der Waals surface area contributed by atoms with E-state index in [0.29, 0.717) is 18.4 Å². The maximum absolute atomic E-state index is 12.7. The smallest absolute Gasteiger partial charge is 0.310 e. The van der Waals surface area contributed by atoms with E-state index in [9.17, 15) is 4.79 Å². The van der Waals surface area contributed by atoms with Gasteiger partial charge >= 0.3 is 5.97 Å². The standard InChI is InChI=1S/C24H33NO4/c1-23-9-3-10-24(15-28-24)21(23)12-18-19(22(26)29-20(18)13-23)14-25-11-8-16-4-6-17(27-2)7-5-16/h4-7,18-21,25H,3,8-15H2,1-2H3/t18-,19?,20-,21?,23-,24+/m1/s1. The second kappa shape index (κ2) is 7.28. The number of hydrogen-bond acceptors (Lipinski definition) is 5. The maximum Gasteiger partial charge on any atom is 0.310 e. The van der Waals surface area contributed by atoms with Gasteiger partial charge < -0.3 is 19.5 Å². The Morgan fingerprint density at radius 2 is 2.03 bits per heavy atom. The predicted molar refractivity (Wildman–Crippen MR) is 110 cm³/mol. The van der Waals surface area contributed by atoms with Gasteiger partial charge in [-0.05, 0) is 74.1 Å². The molecule has 2 saturated heterocycles. The number of carbonyl (C=O) groups is 1. The van der Waals surface area contributed by atoms with Crippen molar-refractivity contribution in [2.45, 2.75) is 57.2 Å². The normalized spacial score (nSPS) is 40.3. The van der Waals surface area contributed by atoms with Crippen LogP contribution in [-0.2, 0) is 20.7 Å². The molecule has 2 aliphatic carbocycles. The van der Waals surface area contributed by atoms with Crippen LogP contribution < -0.4 is 10.1 Å². The Bertz CT molecular complexity index is 759. The molecule has 0 radical (unpaired) electrons. The molecule has 5 rings (SSSR count). The molecule has 0 bridgehead atoms. The van der Waals surface area contributed by atoms with E-state index in [2.05, 4.69) is 24.4 Å². The summed E-state index contributed by atoms with van der Waals surface area (Å²) >= 11 is 0. The number of methoxy groups -OCH3 is 1. The molecular formula is C24H33NO4. The van der Waals surface area contributed by atoms with Crippen molar-refractivity contribution in [2.24, 2.45) is 23.2 Å². The van der Waals surface area contributed by atoms with Crippen molar-refractivity contribution in [3.63, 3.8) is 0 Å². The number of hydrogen-bond donors (Lipinski definition) is 1. The van der Waals surface area contributed by atoms with Crippen LogP contribution in [0.5, 0.6) is 5.75 Å². The minimum absolute atomic E-state index is 0.00459. The predicted octanol–water partition coefficient (Wildman–Crippen LogP) is 3.35. The zero-order valence-electron chi connectivity index (χ0n) is 17.6. The first-order valence-electron chi connectivity index (χ1n) is 11.2. The van der Waals surface area contributed by atoms with Crippen molar-refractivity contribution in [3.8, 4) is 5.75 Å². The van der Waals surface area contributed by atoms with Crippen LogP contribution in [0.1, 0.15) is 44.6 Å². The summed E-state index contributed by atoms with van der Waals surface area (Å²) in [4.78, 5) is 12.7. The van der Waals surface area contributed by atoms with E-state index in [-0.39, 0.29) is 29.0 Å². The summed E-state index contributed by atoms with van der Waals surface area (Å²) in [6, 6.07) is 8.18. The summed E-state index contributed by atoms with van der Waals surface area (Å²) in [6.45, 7) is 4.91. The minimum Gasteiger partial charge on any atom is -0.497 e. The van der Waals surface area contributed by atoms with E-state index in [1.807, 2.05) is 12.1 Å². The van der Waals surface area contributed by atoms with E-state index >= 15 is 0 Å². The Hall–Kier alpha value is -1.59. The Morgan fingerprint density at radius 1 is 1.24 bits per heavy atom. The van der Waals surface area contributed by atoms with Crippen LogP contribution in [0.4, 0.5) is 0 Å². The zero-order chi connectivity index (χ0) is 20.1. The van der Waals surface area contributed by atoms with Gasteiger partial charge in [0, 0.05) is 12.5 Å². The molecule has 1 N–H and O–H groups in total. The SMILES string of the molecule is COc1ccc(CCNCC2C(=O)O[C@@H]3C[C@@]4(C)CCC[C@]5(CO5)C4C[C@H]23)cc1. The van der Waals surface area contributed by atoms with Gasteiger partial charge in [0.25, 0.3) is 0 Å². The molecule has 29 heavy (non-hydrogen) atoms. The highest BCUT2D eigenvalue weighted by Gasteiger charge is 2.64. The molecule has 6 atom stereocenters. The number of benzene rings is 1. The number of nitrogens with one attached hydrogen (secondary N) is 1. The van der Waals surface area contributed by atoms with Crippen LogP contribution in [0.25, 0.3) is 0 Å². The van der Waals surface area contributed by atoms with Crippen LogP contribution >= 0.6 is 0 Å². The molecule has 0 amide bonds. The number of ether oxygens (including phenoxy) is 3. The number of fused-ring (bicyclic) bond motifs is 3. The number of esters is 1. The number of epoxide rings is 1. The summed E-state index contributed by atoms with van der Waals surface area (Å²) in [5.74, 6) is 1.79. The average molecular weight is 400 g/mol. The van der Waals surface area contributed by atoms with E-state index in [1.54, 1.807) is 7.11 Å². The number of rotatable bonds is 6. The first-order chi connectivity index (χ1) is 14.0. The van der Waals surface area contributed by atoms with Gasteiger partial charge in [0.2, 0.25) is 0 Å². The van der Waals surface area contributed by atoms with Gasteiger partial charge in [0.15, 0.2) is 0 Å². The van der Waals surface area contributed by atoms with Gasteiger partial charge in [-0.1, -0.05) is 19.1 Å². The quantitative estimate of drug-likeness (QED) is 0.452. The second-order valence-corrected chi connectivity index (χ2v) is 9.90. The first-order valence-corrected chi connectivity index (χ1v) is 11.2. The van der Waals surface area contributed by atoms with E-state index in [0.717, 1.165) is 38.2 Å². The largest absolute Gasteiger partial charge is 0.497 e. The average Bonchev–Trinajstić information content (AvgIpc) is 3.41. The van der Waals surface area contributed by atoms with Gasteiger partial charge in [0.05, 0.1) is 25.2 Å². The molecule has 1 aromatic rings. The van der Waals surface area contributed by atoms with Crippen molar-refractivity contribution < 1.29 is 19.0 Å². The Kier molecular flexibility index (Phi) is 4.86. The molecule has 2 heterocycles. The zero-order valence-corrected chi connectivity index (χ0v) is 17.6. The lowest BCUT2D eigenvalue weighted by Gasteiger charge is -2.51. The number of carbonyl (C=O) groups excluding carboxylic acids is 1. The van der Waals surface area contributed by atoms with E-state index < -0.39 is 0 Å². The lowest BCUT2D eigenvalue weighted by molar-refractivity contribution is -0.147. The Morgan fingerprint density at radius 3 is 2.76 bits per heavy atom. The van der Waals surface area contributed by atoms with Crippen molar-refractivity contribution in [1.29, 1.82) is 0 Å². The van der Waals surface area contributed by atoms with Gasteiger partial charge in [-0.25, -0.2) is 0 Å². The third-order valence-electron chi connectivity index (χ3n) is 8.19. The van der Waals surface area contributed by atoms with Crippen molar-refractivity contribution in [3.05, 3.63) is 29.8 Å². The Labute approximate surface area is 173 Å².